The van der Waals surface area contributed by atoms with E-state index in [0.29, 0.717) is 10.0 Å². The van der Waals surface area contributed by atoms with Crippen LogP contribution in [0.25, 0.3) is 0 Å². The molecule has 3 nitrogen and oxygen atoms in total. The lowest BCUT2D eigenvalue weighted by molar-refractivity contribution is 0.581. The highest BCUT2D eigenvalue weighted by atomic mass is 35.5. The van der Waals surface area contributed by atoms with Crippen LogP contribution in [-0.4, -0.2) is 16.1 Å². The van der Waals surface area contributed by atoms with Gasteiger partial charge in [0.25, 0.3) is 0 Å². The van der Waals surface area contributed by atoms with Gasteiger partial charge in [0.05, 0.1) is 16.4 Å². The molecule has 2 rings (SSSR count). The lowest BCUT2D eigenvalue weighted by atomic mass is 10.2. The third-order valence-corrected chi connectivity index (χ3v) is 3.53. The van der Waals surface area contributed by atoms with Gasteiger partial charge >= 0.3 is 0 Å². The molecule has 0 amide bonds. The third kappa shape index (κ3) is 5.90. The molecular weight excluding hydrogens is 340 g/mol. The van der Waals surface area contributed by atoms with Gasteiger partial charge in [0, 0.05) is 25.5 Å². The van der Waals surface area contributed by atoms with Crippen LogP contribution in [0.5, 0.6) is 0 Å². The van der Waals surface area contributed by atoms with Crippen molar-refractivity contribution in [3.05, 3.63) is 52.5 Å². The van der Waals surface area contributed by atoms with Gasteiger partial charge in [-0.05, 0) is 24.6 Å². The molecule has 0 radical (unpaired) electrons. The van der Waals surface area contributed by atoms with Crippen LogP contribution in [0, 0.1) is 0 Å². The lowest BCUT2D eigenvalue weighted by Crippen LogP contribution is -2.16. The number of imidazole rings is 1. The van der Waals surface area contributed by atoms with Gasteiger partial charge in [-0.15, -0.1) is 24.8 Å². The molecule has 1 aromatic heterocycles. The highest BCUT2D eigenvalue weighted by Gasteiger charge is 2.03. The maximum absolute atomic E-state index is 6.10. The summed E-state index contributed by atoms with van der Waals surface area (Å²) in [4.78, 5) is 4.00. The van der Waals surface area contributed by atoms with E-state index < -0.39 is 0 Å². The Balaban J connectivity index is 0.00000180. The zero-order chi connectivity index (χ0) is 12.8. The van der Waals surface area contributed by atoms with Crippen LogP contribution in [0.2, 0.25) is 10.0 Å². The number of hydrogen-bond donors (Lipinski definition) is 1. The van der Waals surface area contributed by atoms with Crippen LogP contribution >= 0.6 is 48.0 Å². The minimum atomic E-state index is 0. The van der Waals surface area contributed by atoms with E-state index in [1.807, 2.05) is 24.7 Å². The summed E-state index contributed by atoms with van der Waals surface area (Å²) in [7, 11) is 0. The number of rotatable bonds is 6. The Morgan fingerprint density at radius 2 is 2.00 bits per heavy atom. The smallest absolute Gasteiger partial charge is 0.0945 e. The number of nitrogens with zero attached hydrogens (tertiary/aromatic N) is 2. The predicted octanol–water partition coefficient (Wildman–Crippen LogP) is 4.21. The third-order valence-electron chi connectivity index (χ3n) is 2.68. The first-order valence-electron chi connectivity index (χ1n) is 5.86. The average molecular weight is 357 g/mol. The molecule has 0 aliphatic rings. The standard InChI is InChI=1S/C13H15Cl2N3.2ClH/c14-12-4-1-3-11(13(12)15)9-16-5-2-7-18-8-6-17-10-18;;/h1,3-4,6,8,10,16H,2,5,7,9H2;2*1H. The number of benzene rings is 1. The Hall–Kier alpha value is -0.450. The number of aryl methyl sites for hydroxylation is 1. The Bertz CT molecular complexity index is 488. The molecule has 0 aliphatic heterocycles. The summed E-state index contributed by atoms with van der Waals surface area (Å²) in [5.74, 6) is 0. The summed E-state index contributed by atoms with van der Waals surface area (Å²) >= 11 is 12.1. The SMILES string of the molecule is Cl.Cl.Clc1cccc(CNCCCn2ccnc2)c1Cl. The summed E-state index contributed by atoms with van der Waals surface area (Å²) in [5.41, 5.74) is 1.03. The largest absolute Gasteiger partial charge is 0.337 e. The topological polar surface area (TPSA) is 29.9 Å². The highest BCUT2D eigenvalue weighted by Crippen LogP contribution is 2.25. The number of hydrogen-bond acceptors (Lipinski definition) is 2. The zero-order valence-electron chi connectivity index (χ0n) is 10.8. The van der Waals surface area contributed by atoms with E-state index in [0.717, 1.165) is 31.6 Å². The second-order valence-corrected chi connectivity index (χ2v) is 4.83. The van der Waals surface area contributed by atoms with E-state index >= 15 is 0 Å². The first-order chi connectivity index (χ1) is 8.77. The quantitative estimate of drug-likeness (QED) is 0.785. The van der Waals surface area contributed by atoms with Crippen molar-refractivity contribution in [2.45, 2.75) is 19.5 Å². The van der Waals surface area contributed by atoms with Crippen molar-refractivity contribution in [3.63, 3.8) is 0 Å². The molecule has 0 saturated carbocycles. The fraction of sp³-hybridized carbons (Fsp3) is 0.308. The van der Waals surface area contributed by atoms with Gasteiger partial charge in [-0.25, -0.2) is 4.98 Å². The van der Waals surface area contributed by atoms with Crippen molar-refractivity contribution in [1.82, 2.24) is 14.9 Å². The van der Waals surface area contributed by atoms with Crippen LogP contribution in [0.1, 0.15) is 12.0 Å². The normalized spacial score (nSPS) is 9.70. The molecule has 112 valence electrons. The fourth-order valence-corrected chi connectivity index (χ4v) is 2.10. The molecule has 0 aliphatic carbocycles. The van der Waals surface area contributed by atoms with Crippen molar-refractivity contribution in [2.24, 2.45) is 0 Å². The Kier molecular flexibility index (Phi) is 10.1. The Labute approximate surface area is 141 Å². The number of aromatic nitrogens is 2. The van der Waals surface area contributed by atoms with Gasteiger partial charge in [-0.1, -0.05) is 35.3 Å². The van der Waals surface area contributed by atoms with Crippen molar-refractivity contribution in [1.29, 1.82) is 0 Å². The minimum absolute atomic E-state index is 0. The van der Waals surface area contributed by atoms with Crippen molar-refractivity contribution < 1.29 is 0 Å². The average Bonchev–Trinajstić information content (AvgIpc) is 2.87. The molecule has 20 heavy (non-hydrogen) atoms. The molecule has 0 spiro atoms. The van der Waals surface area contributed by atoms with Gasteiger partial charge < -0.3 is 9.88 Å². The summed E-state index contributed by atoms with van der Waals surface area (Å²) < 4.78 is 2.06. The van der Waals surface area contributed by atoms with Gasteiger partial charge in [0.15, 0.2) is 0 Å². The lowest BCUT2D eigenvalue weighted by Gasteiger charge is -2.08. The second kappa shape index (κ2) is 10.3. The molecule has 0 saturated heterocycles. The highest BCUT2D eigenvalue weighted by molar-refractivity contribution is 6.42. The maximum Gasteiger partial charge on any atom is 0.0945 e. The molecule has 1 heterocycles. The minimum Gasteiger partial charge on any atom is -0.337 e. The molecule has 7 heteroatoms. The van der Waals surface area contributed by atoms with E-state index in [4.69, 9.17) is 23.2 Å². The molecule has 0 bridgehead atoms. The van der Waals surface area contributed by atoms with Crippen LogP contribution in [0.3, 0.4) is 0 Å². The molecular formula is C13H17Cl4N3. The molecule has 2 aromatic rings. The summed E-state index contributed by atoms with van der Waals surface area (Å²) in [5, 5.41) is 4.60. The molecule has 0 unspecified atom stereocenters. The van der Waals surface area contributed by atoms with Gasteiger partial charge in [-0.3, -0.25) is 0 Å². The van der Waals surface area contributed by atoms with Gasteiger partial charge in [0.2, 0.25) is 0 Å². The monoisotopic (exact) mass is 355 g/mol. The van der Waals surface area contributed by atoms with E-state index in [2.05, 4.69) is 14.9 Å². The predicted molar refractivity (Wildman–Crippen MR) is 89.5 cm³/mol. The number of halogens is 4. The van der Waals surface area contributed by atoms with Crippen molar-refractivity contribution >= 4 is 48.0 Å². The fourth-order valence-electron chi connectivity index (χ4n) is 1.71. The van der Waals surface area contributed by atoms with Gasteiger partial charge in [-0.2, -0.15) is 0 Å². The zero-order valence-corrected chi connectivity index (χ0v) is 13.9. The molecule has 1 aromatic carbocycles. The number of nitrogens with one attached hydrogen (secondary N) is 1. The summed E-state index contributed by atoms with van der Waals surface area (Å²) in [6.07, 6.45) is 6.63. The van der Waals surface area contributed by atoms with Crippen molar-refractivity contribution in [2.75, 3.05) is 6.54 Å². The van der Waals surface area contributed by atoms with E-state index in [1.54, 1.807) is 12.3 Å². The first-order valence-corrected chi connectivity index (χ1v) is 6.62. The maximum atomic E-state index is 6.10. The molecule has 1 N–H and O–H groups in total. The van der Waals surface area contributed by atoms with Crippen LogP contribution < -0.4 is 5.32 Å². The Morgan fingerprint density at radius 3 is 2.70 bits per heavy atom. The van der Waals surface area contributed by atoms with E-state index in [-0.39, 0.29) is 24.8 Å². The van der Waals surface area contributed by atoms with Crippen molar-refractivity contribution in [3.8, 4) is 0 Å². The Morgan fingerprint density at radius 1 is 1.20 bits per heavy atom. The molecule has 0 fully saturated rings. The van der Waals surface area contributed by atoms with Crippen LogP contribution in [0.15, 0.2) is 36.9 Å². The second-order valence-electron chi connectivity index (χ2n) is 4.04. The summed E-state index contributed by atoms with van der Waals surface area (Å²) in [6.45, 7) is 2.64. The first kappa shape index (κ1) is 19.6. The van der Waals surface area contributed by atoms with E-state index in [9.17, 15) is 0 Å². The van der Waals surface area contributed by atoms with Crippen LogP contribution in [0.4, 0.5) is 0 Å². The van der Waals surface area contributed by atoms with E-state index in [1.165, 1.54) is 0 Å². The summed E-state index contributed by atoms with van der Waals surface area (Å²) in [6, 6.07) is 5.69. The van der Waals surface area contributed by atoms with Crippen LogP contribution in [-0.2, 0) is 13.1 Å². The molecule has 0 atom stereocenters. The van der Waals surface area contributed by atoms with Gasteiger partial charge in [0.1, 0.15) is 0 Å².